The van der Waals surface area contributed by atoms with Gasteiger partial charge in [0.15, 0.2) is 0 Å². The van der Waals surface area contributed by atoms with Crippen LogP contribution in [0.4, 0.5) is 0 Å². The Balaban J connectivity index is 1.90. The number of aryl methyl sites for hydroxylation is 2. The number of carbonyl (C=O) groups excluding carboxylic acids is 1. The maximum absolute atomic E-state index is 13.0. The van der Waals surface area contributed by atoms with E-state index in [0.717, 1.165) is 36.0 Å². The number of fused-ring (bicyclic) bond motifs is 1. The van der Waals surface area contributed by atoms with Gasteiger partial charge in [0.2, 0.25) is 0 Å². The summed E-state index contributed by atoms with van der Waals surface area (Å²) in [5.41, 5.74) is 3.97. The van der Waals surface area contributed by atoms with Crippen molar-refractivity contribution in [3.05, 3.63) is 51.4 Å². The van der Waals surface area contributed by atoms with Crippen molar-refractivity contribution in [1.82, 2.24) is 9.55 Å². The smallest absolute Gasteiger partial charge is 0.326 e. The maximum atomic E-state index is 13.0. The Hall–Kier alpha value is -2.47. The van der Waals surface area contributed by atoms with E-state index in [4.69, 9.17) is 4.74 Å². The lowest BCUT2D eigenvalue weighted by molar-refractivity contribution is -0.144. The minimum atomic E-state index is -0.405. The first-order valence-corrected chi connectivity index (χ1v) is 10.1. The largest absolute Gasteiger partial charge is 0.464 e. The van der Waals surface area contributed by atoms with Gasteiger partial charge < -0.3 is 4.74 Å². The molecule has 0 aliphatic rings. The molecule has 0 radical (unpaired) electrons. The number of benzene rings is 1. The molecule has 0 fully saturated rings. The predicted octanol–water partition coefficient (Wildman–Crippen LogP) is 4.48. The van der Waals surface area contributed by atoms with Gasteiger partial charge in [0.05, 0.1) is 18.3 Å². The fourth-order valence-corrected chi connectivity index (χ4v) is 4.01. The second-order valence-electron chi connectivity index (χ2n) is 6.75. The van der Waals surface area contributed by atoms with Gasteiger partial charge in [-0.15, -0.1) is 11.3 Å². The van der Waals surface area contributed by atoms with Gasteiger partial charge >= 0.3 is 5.97 Å². The van der Waals surface area contributed by atoms with Crippen LogP contribution < -0.4 is 5.56 Å². The van der Waals surface area contributed by atoms with Crippen LogP contribution in [-0.2, 0) is 16.1 Å². The number of nitrogens with zero attached hydrogens (tertiary/aromatic N) is 2. The predicted molar refractivity (Wildman–Crippen MR) is 109 cm³/mol. The molecule has 1 aromatic carbocycles. The number of hydrogen-bond donors (Lipinski definition) is 0. The second-order valence-corrected chi connectivity index (χ2v) is 7.61. The molecule has 0 N–H and O–H groups in total. The van der Waals surface area contributed by atoms with Gasteiger partial charge in [0, 0.05) is 10.9 Å². The van der Waals surface area contributed by atoms with E-state index in [9.17, 15) is 9.59 Å². The van der Waals surface area contributed by atoms with Crippen molar-refractivity contribution in [3.8, 4) is 11.1 Å². The quantitative estimate of drug-likeness (QED) is 0.445. The van der Waals surface area contributed by atoms with Gasteiger partial charge in [-0.25, -0.2) is 4.98 Å². The molecule has 27 heavy (non-hydrogen) atoms. The summed E-state index contributed by atoms with van der Waals surface area (Å²) < 4.78 is 6.56. The molecule has 0 unspecified atom stereocenters. The third-order valence-electron chi connectivity index (χ3n) is 4.54. The molecule has 0 aliphatic heterocycles. The number of thiophene rings is 1. The summed E-state index contributed by atoms with van der Waals surface area (Å²) in [5.74, 6) is -0.405. The van der Waals surface area contributed by atoms with E-state index in [1.807, 2.05) is 31.4 Å². The van der Waals surface area contributed by atoms with Crippen LogP contribution in [0, 0.1) is 13.8 Å². The molecule has 3 aromatic rings. The zero-order chi connectivity index (χ0) is 19.4. The molecule has 0 saturated heterocycles. The number of ether oxygens (including phenoxy) is 1. The highest BCUT2D eigenvalue weighted by Gasteiger charge is 2.16. The molecule has 3 rings (SSSR count). The number of rotatable bonds is 7. The molecule has 0 atom stereocenters. The van der Waals surface area contributed by atoms with Crippen LogP contribution in [-0.4, -0.2) is 22.1 Å². The topological polar surface area (TPSA) is 61.2 Å². The third-order valence-corrected chi connectivity index (χ3v) is 5.43. The second kappa shape index (κ2) is 8.48. The maximum Gasteiger partial charge on any atom is 0.326 e. The standard InChI is InChI=1S/C21H24N2O3S/c1-4-5-6-9-26-18(24)11-23-13-22-20-19(21(23)25)17(12-27-20)16-8-7-14(2)10-15(16)3/h7-8,10,12-13H,4-6,9,11H2,1-3H3. The van der Waals surface area contributed by atoms with Crippen molar-refractivity contribution < 1.29 is 9.53 Å². The Morgan fingerprint density at radius 2 is 2.04 bits per heavy atom. The van der Waals surface area contributed by atoms with Crippen LogP contribution >= 0.6 is 11.3 Å². The van der Waals surface area contributed by atoms with E-state index in [0.29, 0.717) is 16.8 Å². The molecule has 0 aliphatic carbocycles. The lowest BCUT2D eigenvalue weighted by atomic mass is 9.99. The Morgan fingerprint density at radius 1 is 1.22 bits per heavy atom. The van der Waals surface area contributed by atoms with E-state index < -0.39 is 5.97 Å². The molecule has 0 bridgehead atoms. The van der Waals surface area contributed by atoms with Crippen molar-refractivity contribution in [3.63, 3.8) is 0 Å². The van der Waals surface area contributed by atoms with Crippen molar-refractivity contribution in [1.29, 1.82) is 0 Å². The highest BCUT2D eigenvalue weighted by atomic mass is 32.1. The van der Waals surface area contributed by atoms with Gasteiger partial charge in [0.1, 0.15) is 11.4 Å². The van der Waals surface area contributed by atoms with Gasteiger partial charge in [-0.3, -0.25) is 14.2 Å². The fourth-order valence-electron chi connectivity index (χ4n) is 3.12. The first-order valence-electron chi connectivity index (χ1n) is 9.21. The summed E-state index contributed by atoms with van der Waals surface area (Å²) in [5, 5.41) is 2.53. The first kappa shape index (κ1) is 19.3. The van der Waals surface area contributed by atoms with Crippen molar-refractivity contribution in [2.24, 2.45) is 0 Å². The van der Waals surface area contributed by atoms with Crippen LogP contribution in [0.2, 0.25) is 0 Å². The minimum absolute atomic E-state index is 0.115. The Bertz CT molecular complexity index is 1020. The van der Waals surface area contributed by atoms with Crippen molar-refractivity contribution >= 4 is 27.5 Å². The molecule has 142 valence electrons. The molecule has 5 nitrogen and oxygen atoms in total. The average Bonchev–Trinajstić information content (AvgIpc) is 3.06. The highest BCUT2D eigenvalue weighted by Crippen LogP contribution is 2.32. The van der Waals surface area contributed by atoms with E-state index in [1.54, 1.807) is 0 Å². The monoisotopic (exact) mass is 384 g/mol. The Morgan fingerprint density at radius 3 is 2.78 bits per heavy atom. The normalized spacial score (nSPS) is 11.1. The molecule has 2 heterocycles. The molecular formula is C21H24N2O3S. The Labute approximate surface area is 162 Å². The van der Waals surface area contributed by atoms with Crippen molar-refractivity contribution in [2.45, 2.75) is 46.6 Å². The van der Waals surface area contributed by atoms with Crippen molar-refractivity contribution in [2.75, 3.05) is 6.61 Å². The molecule has 6 heteroatoms. The molecule has 0 amide bonds. The Kier molecular flexibility index (Phi) is 6.06. The van der Waals surface area contributed by atoms with Gasteiger partial charge in [-0.1, -0.05) is 43.5 Å². The highest BCUT2D eigenvalue weighted by molar-refractivity contribution is 7.17. The zero-order valence-corrected chi connectivity index (χ0v) is 16.8. The fraction of sp³-hybridized carbons (Fsp3) is 0.381. The number of unbranched alkanes of at least 4 members (excludes halogenated alkanes) is 2. The van der Waals surface area contributed by atoms with E-state index in [2.05, 4.69) is 18.0 Å². The number of hydrogen-bond acceptors (Lipinski definition) is 5. The van der Waals surface area contributed by atoms with Crippen LogP contribution in [0.25, 0.3) is 21.3 Å². The molecule has 0 saturated carbocycles. The number of esters is 1. The van der Waals surface area contributed by atoms with Gasteiger partial charge in [-0.2, -0.15) is 0 Å². The number of aromatic nitrogens is 2. The minimum Gasteiger partial charge on any atom is -0.464 e. The average molecular weight is 385 g/mol. The summed E-state index contributed by atoms with van der Waals surface area (Å²) >= 11 is 1.44. The summed E-state index contributed by atoms with van der Waals surface area (Å²) in [7, 11) is 0. The van der Waals surface area contributed by atoms with E-state index in [1.165, 1.54) is 27.8 Å². The van der Waals surface area contributed by atoms with E-state index in [-0.39, 0.29) is 12.1 Å². The summed E-state index contributed by atoms with van der Waals surface area (Å²) in [4.78, 5) is 30.1. The van der Waals surface area contributed by atoms with E-state index >= 15 is 0 Å². The number of carbonyl (C=O) groups is 1. The first-order chi connectivity index (χ1) is 13.0. The lowest BCUT2D eigenvalue weighted by Crippen LogP contribution is -2.25. The zero-order valence-electron chi connectivity index (χ0n) is 15.9. The van der Waals surface area contributed by atoms with Crippen LogP contribution in [0.1, 0.15) is 37.3 Å². The third kappa shape index (κ3) is 4.27. The SMILES string of the molecule is CCCCCOC(=O)Cn1cnc2scc(-c3ccc(C)cc3C)c2c1=O. The summed E-state index contributed by atoms with van der Waals surface area (Å²) in [6, 6.07) is 6.17. The molecule has 0 spiro atoms. The van der Waals surface area contributed by atoms with Gasteiger partial charge in [0.25, 0.3) is 5.56 Å². The molecular weight excluding hydrogens is 360 g/mol. The summed E-state index contributed by atoms with van der Waals surface area (Å²) in [6.07, 6.45) is 4.36. The van der Waals surface area contributed by atoms with Crippen LogP contribution in [0.15, 0.2) is 34.7 Å². The van der Waals surface area contributed by atoms with Crippen LogP contribution in [0.3, 0.4) is 0 Å². The molecule has 2 aromatic heterocycles. The van der Waals surface area contributed by atoms with Gasteiger partial charge in [-0.05, 0) is 31.4 Å². The summed E-state index contributed by atoms with van der Waals surface area (Å²) in [6.45, 7) is 6.45. The van der Waals surface area contributed by atoms with Crippen LogP contribution in [0.5, 0.6) is 0 Å². The lowest BCUT2D eigenvalue weighted by Gasteiger charge is -2.08.